The lowest BCUT2D eigenvalue weighted by Gasteiger charge is -2.04. The first-order chi connectivity index (χ1) is 10.5. The fourth-order valence-corrected chi connectivity index (χ4v) is 3.59. The van der Waals surface area contributed by atoms with Crippen molar-refractivity contribution in [3.05, 3.63) is 46.5 Å². The number of amides is 1. The third-order valence-electron chi connectivity index (χ3n) is 2.99. The minimum Gasteiger partial charge on any atom is -0.356 e. The number of benzene rings is 1. The van der Waals surface area contributed by atoms with E-state index in [1.165, 1.54) is 18.7 Å². The molecule has 0 unspecified atom stereocenters. The lowest BCUT2D eigenvalue weighted by molar-refractivity contribution is -0.118. The molecule has 0 bridgehead atoms. The summed E-state index contributed by atoms with van der Waals surface area (Å²) >= 11 is 3.04. The Morgan fingerprint density at radius 2 is 2.00 bits per heavy atom. The summed E-state index contributed by atoms with van der Waals surface area (Å²) in [6.45, 7) is 4.06. The Balaban J connectivity index is 1.83. The highest BCUT2D eigenvalue weighted by Crippen LogP contribution is 2.23. The number of thioether (sulfide) groups is 1. The van der Waals surface area contributed by atoms with Crippen molar-refractivity contribution >= 4 is 34.8 Å². The van der Waals surface area contributed by atoms with Crippen LogP contribution in [0.25, 0.3) is 0 Å². The number of aromatic nitrogens is 1. The minimum absolute atomic E-state index is 0.0266. The van der Waals surface area contributed by atoms with Gasteiger partial charge in [-0.3, -0.25) is 9.59 Å². The molecule has 0 saturated heterocycles. The van der Waals surface area contributed by atoms with Crippen LogP contribution in [0.5, 0.6) is 0 Å². The number of Topliss-reactive ketones (excluding diaryl/α,β-unsaturated/α-hetero) is 1. The topological polar surface area (TPSA) is 59.1 Å². The summed E-state index contributed by atoms with van der Waals surface area (Å²) in [7, 11) is 0. The van der Waals surface area contributed by atoms with Gasteiger partial charge in [0.05, 0.1) is 5.75 Å². The molecule has 1 heterocycles. The Morgan fingerprint density at radius 3 is 2.59 bits per heavy atom. The second kappa shape index (κ2) is 8.10. The van der Waals surface area contributed by atoms with Gasteiger partial charge in [0.2, 0.25) is 5.91 Å². The van der Waals surface area contributed by atoms with Gasteiger partial charge in [0, 0.05) is 30.1 Å². The summed E-state index contributed by atoms with van der Waals surface area (Å²) in [5, 5.41) is 4.74. The highest BCUT2D eigenvalue weighted by molar-refractivity contribution is 8.01. The monoisotopic (exact) mass is 334 g/mol. The molecular weight excluding hydrogens is 316 g/mol. The third-order valence-corrected chi connectivity index (χ3v) is 5.13. The fourth-order valence-electron chi connectivity index (χ4n) is 1.85. The summed E-state index contributed by atoms with van der Waals surface area (Å²) in [6, 6.07) is 7.57. The largest absolute Gasteiger partial charge is 0.356 e. The summed E-state index contributed by atoms with van der Waals surface area (Å²) < 4.78 is 0.928. The van der Waals surface area contributed by atoms with Gasteiger partial charge in [0.1, 0.15) is 0 Å². The molecule has 4 nitrogen and oxygen atoms in total. The standard InChI is InChI=1S/C16H18N2O2S2/c1-11-9-21-16(18-11)22-10-15(20)14-5-3-13(4-6-14)7-8-17-12(2)19/h3-6,9H,7-8,10H2,1-2H3,(H,17,19). The third kappa shape index (κ3) is 5.27. The average Bonchev–Trinajstić information content (AvgIpc) is 2.91. The van der Waals surface area contributed by atoms with Crippen LogP contribution < -0.4 is 5.32 Å². The molecule has 0 aliphatic carbocycles. The van der Waals surface area contributed by atoms with Gasteiger partial charge in [-0.25, -0.2) is 4.98 Å². The molecular formula is C16H18N2O2S2. The summed E-state index contributed by atoms with van der Waals surface area (Å²) in [4.78, 5) is 27.3. The van der Waals surface area contributed by atoms with Crippen LogP contribution in [0.1, 0.15) is 28.5 Å². The number of rotatable bonds is 7. The van der Waals surface area contributed by atoms with Gasteiger partial charge < -0.3 is 5.32 Å². The molecule has 6 heteroatoms. The maximum absolute atomic E-state index is 12.1. The predicted octanol–water partition coefficient (Wildman–Crippen LogP) is 3.11. The normalized spacial score (nSPS) is 10.5. The quantitative estimate of drug-likeness (QED) is 0.624. The number of hydrogen-bond donors (Lipinski definition) is 1. The minimum atomic E-state index is -0.0266. The second-order valence-corrected chi connectivity index (χ2v) is 6.98. The highest BCUT2D eigenvalue weighted by Gasteiger charge is 2.08. The molecule has 1 N–H and O–H groups in total. The molecule has 0 aliphatic rings. The van der Waals surface area contributed by atoms with E-state index in [9.17, 15) is 9.59 Å². The number of carbonyl (C=O) groups excluding carboxylic acids is 2. The smallest absolute Gasteiger partial charge is 0.216 e. The number of ketones is 1. The summed E-state index contributed by atoms with van der Waals surface area (Å²) in [6.07, 6.45) is 0.765. The summed E-state index contributed by atoms with van der Waals surface area (Å²) in [5.74, 6) is 0.477. The predicted molar refractivity (Wildman–Crippen MR) is 90.7 cm³/mol. The lowest BCUT2D eigenvalue weighted by Crippen LogP contribution is -2.22. The number of thiazole rings is 1. The first-order valence-corrected chi connectivity index (χ1v) is 8.82. The number of nitrogens with one attached hydrogen (secondary N) is 1. The van der Waals surface area contributed by atoms with E-state index in [0.717, 1.165) is 22.0 Å². The van der Waals surface area contributed by atoms with Crippen LogP contribution in [0.3, 0.4) is 0 Å². The van der Waals surface area contributed by atoms with Gasteiger partial charge in [-0.15, -0.1) is 11.3 Å². The van der Waals surface area contributed by atoms with Crippen molar-refractivity contribution in [2.45, 2.75) is 24.6 Å². The molecule has 0 atom stereocenters. The van der Waals surface area contributed by atoms with E-state index in [-0.39, 0.29) is 11.7 Å². The highest BCUT2D eigenvalue weighted by atomic mass is 32.2. The molecule has 0 fully saturated rings. The van der Waals surface area contributed by atoms with Crippen LogP contribution >= 0.6 is 23.1 Å². The number of carbonyl (C=O) groups is 2. The van der Waals surface area contributed by atoms with Crippen LogP contribution in [-0.2, 0) is 11.2 Å². The fraction of sp³-hybridized carbons (Fsp3) is 0.312. The first-order valence-electron chi connectivity index (χ1n) is 6.96. The number of hydrogen-bond acceptors (Lipinski definition) is 5. The van der Waals surface area contributed by atoms with E-state index < -0.39 is 0 Å². The molecule has 0 aliphatic heterocycles. The Labute approximate surface area is 138 Å². The molecule has 1 amide bonds. The Kier molecular flexibility index (Phi) is 6.15. The maximum Gasteiger partial charge on any atom is 0.216 e. The van der Waals surface area contributed by atoms with E-state index in [1.54, 1.807) is 11.3 Å². The van der Waals surface area contributed by atoms with Gasteiger partial charge in [0.25, 0.3) is 0 Å². The molecule has 1 aromatic heterocycles. The van der Waals surface area contributed by atoms with Crippen molar-refractivity contribution in [2.75, 3.05) is 12.3 Å². The SMILES string of the molecule is CC(=O)NCCc1ccc(C(=O)CSc2nc(C)cs2)cc1. The second-order valence-electron chi connectivity index (χ2n) is 4.90. The van der Waals surface area contributed by atoms with E-state index in [4.69, 9.17) is 0 Å². The van der Waals surface area contributed by atoms with Gasteiger partial charge in [0.15, 0.2) is 10.1 Å². The van der Waals surface area contributed by atoms with Crippen LogP contribution in [-0.4, -0.2) is 29.0 Å². The average molecular weight is 334 g/mol. The zero-order valence-electron chi connectivity index (χ0n) is 12.6. The van der Waals surface area contributed by atoms with Crippen LogP contribution in [0.4, 0.5) is 0 Å². The molecule has 0 saturated carbocycles. The van der Waals surface area contributed by atoms with Crippen molar-refractivity contribution in [3.63, 3.8) is 0 Å². The van der Waals surface area contributed by atoms with Crippen molar-refractivity contribution in [2.24, 2.45) is 0 Å². The lowest BCUT2D eigenvalue weighted by atomic mass is 10.1. The zero-order chi connectivity index (χ0) is 15.9. The van der Waals surface area contributed by atoms with Crippen LogP contribution in [0.15, 0.2) is 34.0 Å². The molecule has 2 aromatic rings. The molecule has 116 valence electrons. The Hall–Kier alpha value is -1.66. The van der Waals surface area contributed by atoms with Crippen molar-refractivity contribution in [1.82, 2.24) is 10.3 Å². The Bertz CT molecular complexity index is 650. The van der Waals surface area contributed by atoms with E-state index >= 15 is 0 Å². The van der Waals surface area contributed by atoms with Gasteiger partial charge >= 0.3 is 0 Å². The van der Waals surface area contributed by atoms with Gasteiger partial charge in [-0.05, 0) is 18.9 Å². The first kappa shape index (κ1) is 16.7. The van der Waals surface area contributed by atoms with Gasteiger partial charge in [-0.1, -0.05) is 36.0 Å². The number of nitrogens with zero attached hydrogens (tertiary/aromatic N) is 1. The van der Waals surface area contributed by atoms with Crippen molar-refractivity contribution in [3.8, 4) is 0 Å². The van der Waals surface area contributed by atoms with E-state index in [2.05, 4.69) is 10.3 Å². The van der Waals surface area contributed by atoms with Crippen molar-refractivity contribution < 1.29 is 9.59 Å². The van der Waals surface area contributed by atoms with Crippen LogP contribution in [0.2, 0.25) is 0 Å². The molecule has 22 heavy (non-hydrogen) atoms. The number of aryl methyl sites for hydroxylation is 1. The van der Waals surface area contributed by atoms with Gasteiger partial charge in [-0.2, -0.15) is 0 Å². The molecule has 0 radical (unpaired) electrons. The zero-order valence-corrected chi connectivity index (χ0v) is 14.2. The van der Waals surface area contributed by atoms with E-state index in [0.29, 0.717) is 17.9 Å². The molecule has 1 aromatic carbocycles. The van der Waals surface area contributed by atoms with Crippen molar-refractivity contribution in [1.29, 1.82) is 0 Å². The summed E-state index contributed by atoms with van der Waals surface area (Å²) in [5.41, 5.74) is 2.81. The maximum atomic E-state index is 12.1. The van der Waals surface area contributed by atoms with E-state index in [1.807, 2.05) is 36.6 Å². The molecule has 0 spiro atoms. The van der Waals surface area contributed by atoms with Crippen LogP contribution in [0, 0.1) is 6.92 Å². The Morgan fingerprint density at radius 1 is 1.27 bits per heavy atom. The molecule has 2 rings (SSSR count).